The van der Waals surface area contributed by atoms with Crippen LogP contribution in [0.3, 0.4) is 0 Å². The second kappa shape index (κ2) is 6.87. The first kappa shape index (κ1) is 15.7. The van der Waals surface area contributed by atoms with Crippen molar-refractivity contribution < 1.29 is 9.90 Å². The summed E-state index contributed by atoms with van der Waals surface area (Å²) < 4.78 is 0. The van der Waals surface area contributed by atoms with E-state index in [-0.39, 0.29) is 12.0 Å². The van der Waals surface area contributed by atoms with Crippen molar-refractivity contribution in [1.29, 1.82) is 0 Å². The second-order valence-corrected chi connectivity index (χ2v) is 6.40. The van der Waals surface area contributed by atoms with Gasteiger partial charge in [0.05, 0.1) is 6.10 Å². The zero-order chi connectivity index (χ0) is 14.7. The minimum absolute atomic E-state index is 0.136. The van der Waals surface area contributed by atoms with Crippen molar-refractivity contribution in [2.75, 3.05) is 39.3 Å². The van der Waals surface area contributed by atoms with E-state index in [1.54, 1.807) is 0 Å². The van der Waals surface area contributed by atoms with Gasteiger partial charge < -0.3 is 15.3 Å². The first-order valence-electron chi connectivity index (χ1n) is 7.94. The molecule has 0 bridgehead atoms. The van der Waals surface area contributed by atoms with Crippen LogP contribution in [0.25, 0.3) is 0 Å². The molecule has 3 unspecified atom stereocenters. The molecule has 2 N–H and O–H groups in total. The lowest BCUT2D eigenvalue weighted by Crippen LogP contribution is -2.58. The van der Waals surface area contributed by atoms with Crippen molar-refractivity contribution in [3.8, 4) is 0 Å². The van der Waals surface area contributed by atoms with Crippen molar-refractivity contribution in [2.24, 2.45) is 11.8 Å². The molecular formula is C15H29N3O2. The first-order valence-corrected chi connectivity index (χ1v) is 7.94. The Morgan fingerprint density at radius 3 is 2.55 bits per heavy atom. The maximum atomic E-state index is 12.6. The maximum Gasteiger partial charge on any atom is 0.225 e. The first-order chi connectivity index (χ1) is 9.52. The van der Waals surface area contributed by atoms with Gasteiger partial charge in [-0.1, -0.05) is 13.8 Å². The van der Waals surface area contributed by atoms with Gasteiger partial charge in [0, 0.05) is 38.1 Å². The molecule has 0 aromatic rings. The fourth-order valence-corrected chi connectivity index (χ4v) is 3.21. The number of aliphatic hydroxyl groups is 1. The number of rotatable bonds is 5. The summed E-state index contributed by atoms with van der Waals surface area (Å²) in [5.74, 6) is 0.960. The third-order valence-electron chi connectivity index (χ3n) is 4.80. The fraction of sp³-hybridized carbons (Fsp3) is 0.933. The monoisotopic (exact) mass is 283 g/mol. The molecule has 0 spiro atoms. The average Bonchev–Trinajstić information content (AvgIpc) is 2.35. The lowest BCUT2D eigenvalue weighted by molar-refractivity contribution is -0.140. The van der Waals surface area contributed by atoms with Gasteiger partial charge >= 0.3 is 0 Å². The van der Waals surface area contributed by atoms with Crippen LogP contribution in [0.5, 0.6) is 0 Å². The van der Waals surface area contributed by atoms with Crippen LogP contribution in [0.15, 0.2) is 0 Å². The summed E-state index contributed by atoms with van der Waals surface area (Å²) in [4.78, 5) is 16.9. The van der Waals surface area contributed by atoms with E-state index < -0.39 is 0 Å². The van der Waals surface area contributed by atoms with E-state index in [0.29, 0.717) is 24.4 Å². The van der Waals surface area contributed by atoms with E-state index in [9.17, 15) is 9.90 Å². The number of nitrogens with zero attached hydrogens (tertiary/aromatic N) is 2. The van der Waals surface area contributed by atoms with Crippen LogP contribution >= 0.6 is 0 Å². The molecule has 1 amide bonds. The number of aliphatic hydroxyl groups excluding tert-OH is 1. The van der Waals surface area contributed by atoms with Crippen molar-refractivity contribution >= 4 is 5.91 Å². The highest BCUT2D eigenvalue weighted by Crippen LogP contribution is 2.21. The molecule has 0 aliphatic carbocycles. The normalized spacial score (nSPS) is 28.0. The molecule has 2 aliphatic heterocycles. The summed E-state index contributed by atoms with van der Waals surface area (Å²) in [7, 11) is 0. The Kier molecular flexibility index (Phi) is 5.41. The lowest BCUT2D eigenvalue weighted by atomic mass is 9.87. The van der Waals surface area contributed by atoms with Gasteiger partial charge in [-0.05, 0) is 32.4 Å². The molecule has 20 heavy (non-hydrogen) atoms. The van der Waals surface area contributed by atoms with E-state index in [1.165, 1.54) is 0 Å². The Balaban J connectivity index is 1.90. The van der Waals surface area contributed by atoms with Gasteiger partial charge in [-0.2, -0.15) is 0 Å². The smallest absolute Gasteiger partial charge is 0.225 e. The molecular weight excluding hydrogens is 254 g/mol. The van der Waals surface area contributed by atoms with Gasteiger partial charge in [0.2, 0.25) is 5.91 Å². The number of nitrogens with one attached hydrogen (secondary N) is 1. The van der Waals surface area contributed by atoms with Gasteiger partial charge in [-0.25, -0.2) is 0 Å². The topological polar surface area (TPSA) is 55.8 Å². The summed E-state index contributed by atoms with van der Waals surface area (Å²) in [6.45, 7) is 11.2. The quantitative estimate of drug-likeness (QED) is 0.754. The van der Waals surface area contributed by atoms with E-state index in [4.69, 9.17) is 0 Å². The van der Waals surface area contributed by atoms with Gasteiger partial charge in [-0.15, -0.1) is 0 Å². The maximum absolute atomic E-state index is 12.6. The molecule has 2 saturated heterocycles. The summed E-state index contributed by atoms with van der Waals surface area (Å²) >= 11 is 0. The molecule has 5 heteroatoms. The third-order valence-corrected chi connectivity index (χ3v) is 4.80. The van der Waals surface area contributed by atoms with Gasteiger partial charge in [-0.3, -0.25) is 9.69 Å². The van der Waals surface area contributed by atoms with Crippen LogP contribution in [0, 0.1) is 11.8 Å². The molecule has 116 valence electrons. The van der Waals surface area contributed by atoms with Crippen molar-refractivity contribution in [1.82, 2.24) is 15.1 Å². The largest absolute Gasteiger partial charge is 0.392 e. The van der Waals surface area contributed by atoms with E-state index >= 15 is 0 Å². The number of β-amino-alcohol motifs (C(OH)–C–C–N with tert-alkyl or cyclic N) is 1. The van der Waals surface area contributed by atoms with Crippen LogP contribution in [-0.4, -0.2) is 72.2 Å². The molecule has 2 rings (SSSR count). The highest BCUT2D eigenvalue weighted by Gasteiger charge is 2.35. The van der Waals surface area contributed by atoms with Crippen molar-refractivity contribution in [3.63, 3.8) is 0 Å². The SMILES string of the molecule is CCC1CN(C(=O)C(C)C2CNC2)CCN1CC(C)O. The number of amides is 1. The second-order valence-electron chi connectivity index (χ2n) is 6.40. The molecule has 2 aliphatic rings. The average molecular weight is 283 g/mol. The van der Waals surface area contributed by atoms with E-state index in [1.807, 2.05) is 11.8 Å². The van der Waals surface area contributed by atoms with Crippen LogP contribution in [0.2, 0.25) is 0 Å². The zero-order valence-electron chi connectivity index (χ0n) is 13.0. The van der Waals surface area contributed by atoms with E-state index in [2.05, 4.69) is 24.1 Å². The molecule has 0 aromatic heterocycles. The van der Waals surface area contributed by atoms with E-state index in [0.717, 1.165) is 39.1 Å². The Labute approximate surface area is 122 Å². The molecule has 0 radical (unpaired) electrons. The Morgan fingerprint density at radius 2 is 2.05 bits per heavy atom. The van der Waals surface area contributed by atoms with Crippen molar-refractivity contribution in [3.05, 3.63) is 0 Å². The number of carbonyl (C=O) groups is 1. The molecule has 3 atom stereocenters. The molecule has 2 heterocycles. The fourth-order valence-electron chi connectivity index (χ4n) is 3.21. The number of carbonyl (C=O) groups excluding carboxylic acids is 1. The lowest BCUT2D eigenvalue weighted by Gasteiger charge is -2.43. The molecule has 0 saturated carbocycles. The van der Waals surface area contributed by atoms with Crippen LogP contribution in [0.4, 0.5) is 0 Å². The predicted octanol–water partition coefficient (Wildman–Crippen LogP) is 0.146. The summed E-state index contributed by atoms with van der Waals surface area (Å²) in [5, 5.41) is 12.8. The number of piperazine rings is 1. The van der Waals surface area contributed by atoms with Crippen LogP contribution in [0.1, 0.15) is 27.2 Å². The highest BCUT2D eigenvalue weighted by atomic mass is 16.3. The Morgan fingerprint density at radius 1 is 1.35 bits per heavy atom. The molecule has 2 fully saturated rings. The van der Waals surface area contributed by atoms with Crippen LogP contribution < -0.4 is 5.32 Å². The predicted molar refractivity (Wildman–Crippen MR) is 79.4 cm³/mol. The highest BCUT2D eigenvalue weighted by molar-refractivity contribution is 5.79. The zero-order valence-corrected chi connectivity index (χ0v) is 13.0. The Hall–Kier alpha value is -0.650. The summed E-state index contributed by atoms with van der Waals surface area (Å²) in [6.07, 6.45) is 0.724. The third kappa shape index (κ3) is 3.51. The van der Waals surface area contributed by atoms with Crippen LogP contribution in [-0.2, 0) is 4.79 Å². The minimum atomic E-state index is -0.300. The Bertz CT molecular complexity index is 331. The summed E-state index contributed by atoms with van der Waals surface area (Å²) in [5.41, 5.74) is 0. The van der Waals surface area contributed by atoms with Gasteiger partial charge in [0.1, 0.15) is 0 Å². The number of hydrogen-bond acceptors (Lipinski definition) is 4. The van der Waals surface area contributed by atoms with Gasteiger partial charge in [0.25, 0.3) is 0 Å². The van der Waals surface area contributed by atoms with Crippen molar-refractivity contribution in [2.45, 2.75) is 39.3 Å². The number of hydrogen-bond donors (Lipinski definition) is 2. The minimum Gasteiger partial charge on any atom is -0.392 e. The molecule has 5 nitrogen and oxygen atoms in total. The molecule has 0 aromatic carbocycles. The standard InChI is InChI=1S/C15H29N3O2/c1-4-14-10-18(6-5-17(14)9-11(2)19)15(20)12(3)13-7-16-8-13/h11-14,16,19H,4-10H2,1-3H3. The van der Waals surface area contributed by atoms with Gasteiger partial charge in [0.15, 0.2) is 0 Å². The summed E-state index contributed by atoms with van der Waals surface area (Å²) in [6, 6.07) is 0.383.